The minimum atomic E-state index is 0.106. The van der Waals surface area contributed by atoms with Crippen LogP contribution < -0.4 is 0 Å². The van der Waals surface area contributed by atoms with Gasteiger partial charge in [-0.3, -0.25) is 0 Å². The van der Waals surface area contributed by atoms with E-state index in [0.29, 0.717) is 6.42 Å². The van der Waals surface area contributed by atoms with Crippen molar-refractivity contribution in [3.63, 3.8) is 0 Å². The summed E-state index contributed by atoms with van der Waals surface area (Å²) in [4.78, 5) is 1.16. The predicted octanol–water partition coefficient (Wildman–Crippen LogP) is 5.07. The van der Waals surface area contributed by atoms with Crippen LogP contribution in [0.4, 0.5) is 4.39 Å². The van der Waals surface area contributed by atoms with E-state index < -0.39 is 0 Å². The number of rotatable bonds is 1. The van der Waals surface area contributed by atoms with E-state index in [9.17, 15) is 4.39 Å². The van der Waals surface area contributed by atoms with E-state index in [0.717, 1.165) is 23.3 Å². The molecule has 0 nitrogen and oxygen atoms in total. The Balaban J connectivity index is 2.25. The molecular weight excluding hydrogens is 219 g/mol. The minimum Gasteiger partial charge on any atom is -0.211 e. The third-order valence-corrected chi connectivity index (χ3v) is 4.60. The van der Waals surface area contributed by atoms with Gasteiger partial charge in [0.15, 0.2) is 0 Å². The summed E-state index contributed by atoms with van der Waals surface area (Å²) in [7, 11) is 0. The van der Waals surface area contributed by atoms with Crippen molar-refractivity contribution in [3.05, 3.63) is 40.5 Å². The van der Waals surface area contributed by atoms with E-state index in [4.69, 9.17) is 0 Å². The second-order valence-corrected chi connectivity index (χ2v) is 5.34. The van der Waals surface area contributed by atoms with Crippen molar-refractivity contribution in [1.29, 1.82) is 0 Å². The van der Waals surface area contributed by atoms with Gasteiger partial charge < -0.3 is 0 Å². The number of aryl methyl sites for hydroxylation is 1. The molecule has 16 heavy (non-hydrogen) atoms. The van der Waals surface area contributed by atoms with Crippen molar-refractivity contribution >= 4 is 27.0 Å². The maximum atomic E-state index is 13.7. The fourth-order valence-electron chi connectivity index (χ4n) is 2.41. The van der Waals surface area contributed by atoms with Gasteiger partial charge in [-0.25, -0.2) is 4.39 Å². The number of hydrogen-bond acceptors (Lipinski definition) is 1. The van der Waals surface area contributed by atoms with Crippen LogP contribution in [0.25, 0.3) is 15.7 Å². The van der Waals surface area contributed by atoms with Crippen molar-refractivity contribution < 1.29 is 4.39 Å². The second kappa shape index (κ2) is 3.70. The zero-order chi connectivity index (χ0) is 11.1. The normalized spacial score (nSPS) is 16.4. The molecule has 0 unspecified atom stereocenters. The average molecular weight is 232 g/mol. The molecule has 2 heteroatoms. The summed E-state index contributed by atoms with van der Waals surface area (Å²) >= 11 is 1.73. The molecule has 0 fully saturated rings. The number of allylic oxidation sites excluding steroid dienone is 2. The molecular formula is C14H13FS. The first-order valence-corrected chi connectivity index (χ1v) is 6.45. The zero-order valence-electron chi connectivity index (χ0n) is 9.22. The maximum absolute atomic E-state index is 13.7. The fraction of sp³-hybridized carbons (Fsp3) is 0.286. The molecule has 0 spiro atoms. The highest BCUT2D eigenvalue weighted by molar-refractivity contribution is 7.20. The molecule has 1 aliphatic rings. The molecule has 0 atom stereocenters. The lowest BCUT2D eigenvalue weighted by molar-refractivity contribution is 0.607. The van der Waals surface area contributed by atoms with Crippen molar-refractivity contribution in [2.45, 2.75) is 26.2 Å². The first-order valence-electron chi connectivity index (χ1n) is 5.63. The van der Waals surface area contributed by atoms with Gasteiger partial charge in [0, 0.05) is 15.2 Å². The van der Waals surface area contributed by atoms with Crippen molar-refractivity contribution in [3.8, 4) is 0 Å². The smallest absolute Gasteiger partial charge is 0.105 e. The highest BCUT2D eigenvalue weighted by Crippen LogP contribution is 2.42. The summed E-state index contributed by atoms with van der Waals surface area (Å²) < 4.78 is 14.9. The summed E-state index contributed by atoms with van der Waals surface area (Å²) in [5.41, 5.74) is 2.20. The molecule has 82 valence electrons. The summed E-state index contributed by atoms with van der Waals surface area (Å²) in [5, 5.41) is 1.27. The lowest BCUT2D eigenvalue weighted by atomic mass is 10.1. The van der Waals surface area contributed by atoms with E-state index in [1.807, 2.05) is 12.1 Å². The topological polar surface area (TPSA) is 0 Å². The van der Waals surface area contributed by atoms with Crippen LogP contribution >= 0.6 is 11.3 Å². The van der Waals surface area contributed by atoms with Crippen LogP contribution in [0.2, 0.25) is 0 Å². The summed E-state index contributed by atoms with van der Waals surface area (Å²) in [5.74, 6) is 0.106. The highest BCUT2D eigenvalue weighted by Gasteiger charge is 2.20. The van der Waals surface area contributed by atoms with Crippen LogP contribution in [0.5, 0.6) is 0 Å². The molecule has 0 saturated heterocycles. The molecule has 0 saturated carbocycles. The standard InChI is InChI=1S/C14H13FS/c1-9-10-5-2-3-8-13(10)16-14(9)11-6-4-7-12(11)15/h2-3,5,8H,4,6-7H2,1H3. The van der Waals surface area contributed by atoms with Gasteiger partial charge in [0.2, 0.25) is 0 Å². The van der Waals surface area contributed by atoms with Crippen molar-refractivity contribution in [2.75, 3.05) is 0 Å². The average Bonchev–Trinajstić information content (AvgIpc) is 2.84. The number of halogens is 1. The van der Waals surface area contributed by atoms with Crippen LogP contribution in [0.3, 0.4) is 0 Å². The molecule has 3 rings (SSSR count). The van der Waals surface area contributed by atoms with E-state index in [1.165, 1.54) is 15.6 Å². The largest absolute Gasteiger partial charge is 0.211 e. The van der Waals surface area contributed by atoms with Gasteiger partial charge in [-0.2, -0.15) is 0 Å². The Hall–Kier alpha value is -1.15. The Morgan fingerprint density at radius 1 is 1.19 bits per heavy atom. The zero-order valence-corrected chi connectivity index (χ0v) is 10.0. The highest BCUT2D eigenvalue weighted by atomic mass is 32.1. The maximum Gasteiger partial charge on any atom is 0.105 e. The van der Waals surface area contributed by atoms with Crippen LogP contribution in [0.15, 0.2) is 30.1 Å². The first kappa shape index (κ1) is 10.0. The number of fused-ring (bicyclic) bond motifs is 1. The predicted molar refractivity (Wildman–Crippen MR) is 68.4 cm³/mol. The molecule has 2 aromatic rings. The lowest BCUT2D eigenvalue weighted by Gasteiger charge is -2.00. The SMILES string of the molecule is Cc1c(C2=C(F)CCC2)sc2ccccc12. The molecule has 0 radical (unpaired) electrons. The summed E-state index contributed by atoms with van der Waals surface area (Å²) in [6.45, 7) is 2.10. The molecule has 1 aliphatic carbocycles. The van der Waals surface area contributed by atoms with Crippen molar-refractivity contribution in [2.24, 2.45) is 0 Å². The van der Waals surface area contributed by atoms with E-state index in [1.54, 1.807) is 11.3 Å². The quantitative estimate of drug-likeness (QED) is 0.643. The van der Waals surface area contributed by atoms with Crippen LogP contribution in [-0.2, 0) is 0 Å². The monoisotopic (exact) mass is 232 g/mol. The molecule has 1 aromatic heterocycles. The van der Waals surface area contributed by atoms with Crippen LogP contribution in [0.1, 0.15) is 29.7 Å². The summed E-state index contributed by atoms with van der Waals surface area (Å²) in [6, 6.07) is 8.33. The van der Waals surface area contributed by atoms with Gasteiger partial charge in [0.25, 0.3) is 0 Å². The Kier molecular flexibility index (Phi) is 2.32. The van der Waals surface area contributed by atoms with Gasteiger partial charge in [-0.1, -0.05) is 18.2 Å². The van der Waals surface area contributed by atoms with Gasteiger partial charge in [-0.15, -0.1) is 11.3 Å². The third-order valence-electron chi connectivity index (χ3n) is 3.27. The molecule has 1 aromatic carbocycles. The molecule has 0 aliphatic heterocycles. The van der Waals surface area contributed by atoms with Gasteiger partial charge >= 0.3 is 0 Å². The van der Waals surface area contributed by atoms with Gasteiger partial charge in [0.05, 0.1) is 0 Å². The number of thiophene rings is 1. The van der Waals surface area contributed by atoms with Gasteiger partial charge in [0.1, 0.15) is 5.83 Å². The third kappa shape index (κ3) is 1.40. The number of hydrogen-bond donors (Lipinski definition) is 0. The Bertz CT molecular complexity index is 577. The van der Waals surface area contributed by atoms with Crippen LogP contribution in [-0.4, -0.2) is 0 Å². The minimum absolute atomic E-state index is 0.106. The van der Waals surface area contributed by atoms with Crippen LogP contribution in [0, 0.1) is 6.92 Å². The Morgan fingerprint density at radius 3 is 2.69 bits per heavy atom. The number of benzene rings is 1. The lowest BCUT2D eigenvalue weighted by Crippen LogP contribution is -1.80. The molecule has 0 bridgehead atoms. The van der Waals surface area contributed by atoms with E-state index in [-0.39, 0.29) is 5.83 Å². The second-order valence-electron chi connectivity index (χ2n) is 4.29. The molecule has 0 amide bonds. The van der Waals surface area contributed by atoms with E-state index in [2.05, 4.69) is 19.1 Å². The van der Waals surface area contributed by atoms with Crippen molar-refractivity contribution in [1.82, 2.24) is 0 Å². The van der Waals surface area contributed by atoms with Gasteiger partial charge in [-0.05, 0) is 43.2 Å². The summed E-state index contributed by atoms with van der Waals surface area (Å²) in [6.07, 6.45) is 2.50. The Morgan fingerprint density at radius 2 is 2.00 bits per heavy atom. The van der Waals surface area contributed by atoms with E-state index >= 15 is 0 Å². The Labute approximate surface area is 98.4 Å². The molecule has 1 heterocycles. The molecule has 0 N–H and O–H groups in total. The fourth-order valence-corrected chi connectivity index (χ4v) is 3.70. The first-order chi connectivity index (χ1) is 7.77.